The Labute approximate surface area is 172 Å². The van der Waals surface area contributed by atoms with Gasteiger partial charge in [-0.25, -0.2) is 4.98 Å². The molecule has 0 atom stereocenters. The molecule has 0 spiro atoms. The van der Waals surface area contributed by atoms with Gasteiger partial charge in [0.05, 0.1) is 4.92 Å². The lowest BCUT2D eigenvalue weighted by Crippen LogP contribution is -2.09. The minimum atomic E-state index is -0.425. The predicted molar refractivity (Wildman–Crippen MR) is 119 cm³/mol. The van der Waals surface area contributed by atoms with Gasteiger partial charge >= 0.3 is 5.00 Å². The normalized spacial score (nSPS) is 10.9. The first kappa shape index (κ1) is 18.6. The van der Waals surface area contributed by atoms with E-state index in [1.165, 1.54) is 6.20 Å². The highest BCUT2D eigenvalue weighted by atomic mass is 32.1. The van der Waals surface area contributed by atoms with Crippen LogP contribution in [-0.4, -0.2) is 9.91 Å². The van der Waals surface area contributed by atoms with Crippen LogP contribution in [0.4, 0.5) is 22.1 Å². The lowest BCUT2D eigenvalue weighted by Gasteiger charge is -2.25. The fourth-order valence-corrected chi connectivity index (χ4v) is 3.58. The maximum atomic E-state index is 10.8. The topological polar surface area (TPSA) is 59.3 Å². The molecule has 0 aliphatic carbocycles. The van der Waals surface area contributed by atoms with E-state index in [0.717, 1.165) is 34.0 Å². The summed E-state index contributed by atoms with van der Waals surface area (Å²) in [7, 11) is 0. The van der Waals surface area contributed by atoms with Crippen molar-refractivity contribution >= 4 is 45.6 Å². The SMILES string of the molecule is O=[N+]([O-])c1cnc(/C=C/c2ccc(N(c3ccccc3)c3ccccc3)cc2)s1. The minimum absolute atomic E-state index is 0.0429. The zero-order chi connectivity index (χ0) is 20.1. The Balaban J connectivity index is 1.60. The molecule has 142 valence electrons. The molecule has 0 N–H and O–H groups in total. The quantitative estimate of drug-likeness (QED) is 0.268. The number of hydrogen-bond acceptors (Lipinski definition) is 5. The maximum absolute atomic E-state index is 10.8. The minimum Gasteiger partial charge on any atom is -0.311 e. The number of hydrogen-bond donors (Lipinski definition) is 0. The van der Waals surface area contributed by atoms with Crippen LogP contribution < -0.4 is 4.90 Å². The van der Waals surface area contributed by atoms with Gasteiger partial charge in [-0.3, -0.25) is 10.1 Å². The summed E-state index contributed by atoms with van der Waals surface area (Å²) in [4.78, 5) is 16.6. The van der Waals surface area contributed by atoms with Crippen LogP contribution in [-0.2, 0) is 0 Å². The van der Waals surface area contributed by atoms with Crippen LogP contribution in [0, 0.1) is 10.1 Å². The summed E-state index contributed by atoms with van der Waals surface area (Å²) >= 11 is 1.06. The third-order valence-corrected chi connectivity index (χ3v) is 5.20. The first-order valence-corrected chi connectivity index (χ1v) is 9.81. The van der Waals surface area contributed by atoms with E-state index in [9.17, 15) is 10.1 Å². The molecular weight excluding hydrogens is 382 g/mol. The molecule has 3 aromatic carbocycles. The van der Waals surface area contributed by atoms with Gasteiger partial charge in [0.25, 0.3) is 0 Å². The van der Waals surface area contributed by atoms with Crippen LogP contribution in [0.1, 0.15) is 10.6 Å². The zero-order valence-electron chi connectivity index (χ0n) is 15.4. The average molecular weight is 399 g/mol. The van der Waals surface area contributed by atoms with E-state index < -0.39 is 4.92 Å². The van der Waals surface area contributed by atoms with Crippen molar-refractivity contribution in [1.29, 1.82) is 0 Å². The van der Waals surface area contributed by atoms with Gasteiger partial charge in [0.15, 0.2) is 0 Å². The molecule has 0 aliphatic rings. The molecule has 4 rings (SSSR count). The highest BCUT2D eigenvalue weighted by Gasteiger charge is 2.11. The standard InChI is InChI=1S/C23H17N3O2S/c27-26(28)23-17-24-22(29-23)16-13-18-11-14-21(15-12-18)25(19-7-3-1-4-8-19)20-9-5-2-6-10-20/h1-17H/b16-13+. The van der Waals surface area contributed by atoms with Crippen LogP contribution in [0.25, 0.3) is 12.2 Å². The third kappa shape index (κ3) is 4.39. The van der Waals surface area contributed by atoms with Gasteiger partial charge in [-0.1, -0.05) is 54.6 Å². The summed E-state index contributed by atoms with van der Waals surface area (Å²) in [6.45, 7) is 0. The first-order valence-electron chi connectivity index (χ1n) is 8.99. The molecule has 29 heavy (non-hydrogen) atoms. The van der Waals surface area contributed by atoms with Crippen molar-refractivity contribution in [2.45, 2.75) is 0 Å². The number of nitrogens with zero attached hydrogens (tertiary/aromatic N) is 3. The predicted octanol–water partition coefficient (Wildman–Crippen LogP) is 6.69. The Bertz CT molecular complexity index is 1080. The second-order valence-electron chi connectivity index (χ2n) is 6.23. The van der Waals surface area contributed by atoms with Gasteiger partial charge in [0.2, 0.25) is 0 Å². The first-order chi connectivity index (χ1) is 14.2. The summed E-state index contributed by atoms with van der Waals surface area (Å²) in [5.41, 5.74) is 4.20. The van der Waals surface area contributed by atoms with Crippen LogP contribution in [0.15, 0.2) is 91.1 Å². The summed E-state index contributed by atoms with van der Waals surface area (Å²) in [6, 6.07) is 28.6. The van der Waals surface area contributed by atoms with Crippen molar-refractivity contribution in [3.05, 3.63) is 112 Å². The van der Waals surface area contributed by atoms with E-state index in [-0.39, 0.29) is 5.00 Å². The average Bonchev–Trinajstić information content (AvgIpc) is 3.25. The van der Waals surface area contributed by atoms with E-state index >= 15 is 0 Å². The number of nitro groups is 1. The van der Waals surface area contributed by atoms with Crippen molar-refractivity contribution in [2.24, 2.45) is 0 Å². The molecule has 0 saturated carbocycles. The van der Waals surface area contributed by atoms with Gasteiger partial charge in [0.1, 0.15) is 11.2 Å². The molecule has 0 amide bonds. The van der Waals surface area contributed by atoms with Crippen molar-refractivity contribution in [3.8, 4) is 0 Å². The number of aromatic nitrogens is 1. The van der Waals surface area contributed by atoms with Crippen molar-refractivity contribution in [3.63, 3.8) is 0 Å². The van der Waals surface area contributed by atoms with Crippen molar-refractivity contribution in [2.75, 3.05) is 4.90 Å². The van der Waals surface area contributed by atoms with E-state index in [2.05, 4.69) is 46.3 Å². The lowest BCUT2D eigenvalue weighted by molar-refractivity contribution is -0.380. The second kappa shape index (κ2) is 8.50. The molecule has 1 heterocycles. The Morgan fingerprint density at radius 1 is 0.793 bits per heavy atom. The maximum Gasteiger partial charge on any atom is 0.344 e. The lowest BCUT2D eigenvalue weighted by atomic mass is 10.1. The highest BCUT2D eigenvalue weighted by molar-refractivity contribution is 7.15. The monoisotopic (exact) mass is 399 g/mol. The molecule has 0 radical (unpaired) electrons. The van der Waals surface area contributed by atoms with Gasteiger partial charge in [-0.15, -0.1) is 0 Å². The van der Waals surface area contributed by atoms with Gasteiger partial charge in [-0.2, -0.15) is 0 Å². The molecule has 0 unspecified atom stereocenters. The number of anilines is 3. The van der Waals surface area contributed by atoms with Crippen LogP contribution in [0.2, 0.25) is 0 Å². The summed E-state index contributed by atoms with van der Waals surface area (Å²) in [5.74, 6) is 0. The highest BCUT2D eigenvalue weighted by Crippen LogP contribution is 2.34. The molecule has 1 aromatic heterocycles. The van der Waals surface area contributed by atoms with E-state index in [0.29, 0.717) is 5.01 Å². The number of rotatable bonds is 6. The summed E-state index contributed by atoms with van der Waals surface area (Å²) in [5, 5.41) is 11.4. The molecule has 4 aromatic rings. The number of thiazole rings is 1. The van der Waals surface area contributed by atoms with Gasteiger partial charge in [-0.05, 0) is 59.4 Å². The number of benzene rings is 3. The van der Waals surface area contributed by atoms with E-state index in [1.54, 1.807) is 6.08 Å². The van der Waals surface area contributed by atoms with Crippen molar-refractivity contribution in [1.82, 2.24) is 4.98 Å². The Morgan fingerprint density at radius 3 is 1.86 bits per heavy atom. The molecule has 5 nitrogen and oxygen atoms in total. The molecule has 0 saturated heterocycles. The van der Waals surface area contributed by atoms with Gasteiger partial charge < -0.3 is 4.90 Å². The fraction of sp³-hybridized carbons (Fsp3) is 0. The molecule has 0 aliphatic heterocycles. The zero-order valence-corrected chi connectivity index (χ0v) is 16.2. The second-order valence-corrected chi connectivity index (χ2v) is 7.27. The molecule has 0 bridgehead atoms. The molecule has 0 fully saturated rings. The van der Waals surface area contributed by atoms with Crippen LogP contribution >= 0.6 is 11.3 Å². The van der Waals surface area contributed by atoms with Crippen molar-refractivity contribution < 1.29 is 4.92 Å². The van der Waals surface area contributed by atoms with Crippen LogP contribution in [0.3, 0.4) is 0 Å². The molecule has 6 heteroatoms. The van der Waals surface area contributed by atoms with Gasteiger partial charge in [0, 0.05) is 17.1 Å². The third-order valence-electron chi connectivity index (χ3n) is 4.29. The smallest absolute Gasteiger partial charge is 0.311 e. The van der Waals surface area contributed by atoms with E-state index in [4.69, 9.17) is 0 Å². The number of para-hydroxylation sites is 2. The largest absolute Gasteiger partial charge is 0.344 e. The Kier molecular flexibility index (Phi) is 5.45. The Hall–Kier alpha value is -3.77. The summed E-state index contributed by atoms with van der Waals surface area (Å²) < 4.78 is 0. The molecular formula is C23H17N3O2S. The van der Waals surface area contributed by atoms with Crippen LogP contribution in [0.5, 0.6) is 0 Å². The van der Waals surface area contributed by atoms with E-state index in [1.807, 2.05) is 54.6 Å². The fourth-order valence-electron chi connectivity index (χ4n) is 2.94. The Morgan fingerprint density at radius 2 is 1.34 bits per heavy atom. The summed E-state index contributed by atoms with van der Waals surface area (Å²) in [6.07, 6.45) is 4.98.